The summed E-state index contributed by atoms with van der Waals surface area (Å²) in [4.78, 5) is 22.5. The number of nitro groups is 1. The molecular formula is C21H16BrN3O5. The van der Waals surface area contributed by atoms with Crippen LogP contribution in [0.15, 0.2) is 76.3 Å². The first-order chi connectivity index (χ1) is 14.5. The molecule has 0 atom stereocenters. The summed E-state index contributed by atoms with van der Waals surface area (Å²) in [6.07, 6.45) is 1.55. The third kappa shape index (κ3) is 5.42. The Kier molecular flexibility index (Phi) is 6.76. The van der Waals surface area contributed by atoms with Gasteiger partial charge in [-0.1, -0.05) is 22.0 Å². The van der Waals surface area contributed by atoms with Gasteiger partial charge >= 0.3 is 5.97 Å². The van der Waals surface area contributed by atoms with Gasteiger partial charge < -0.3 is 9.47 Å². The van der Waals surface area contributed by atoms with Gasteiger partial charge in [0.1, 0.15) is 0 Å². The van der Waals surface area contributed by atoms with Gasteiger partial charge in [-0.2, -0.15) is 5.10 Å². The minimum absolute atomic E-state index is 0.00209. The summed E-state index contributed by atoms with van der Waals surface area (Å²) in [5.74, 6) is 0.149. The lowest BCUT2D eigenvalue weighted by molar-refractivity contribution is -0.384. The van der Waals surface area contributed by atoms with Gasteiger partial charge in [0.05, 0.1) is 29.5 Å². The highest BCUT2D eigenvalue weighted by Crippen LogP contribution is 2.28. The first-order valence-electron chi connectivity index (χ1n) is 8.65. The zero-order chi connectivity index (χ0) is 21.5. The molecule has 30 heavy (non-hydrogen) atoms. The van der Waals surface area contributed by atoms with Crippen LogP contribution in [0.2, 0.25) is 0 Å². The van der Waals surface area contributed by atoms with Crippen molar-refractivity contribution in [2.45, 2.75) is 0 Å². The van der Waals surface area contributed by atoms with Gasteiger partial charge in [-0.3, -0.25) is 15.5 Å². The van der Waals surface area contributed by atoms with E-state index in [1.165, 1.54) is 19.2 Å². The van der Waals surface area contributed by atoms with Crippen LogP contribution in [0.4, 0.5) is 11.4 Å². The lowest BCUT2D eigenvalue weighted by Gasteiger charge is -2.10. The minimum atomic E-state index is -0.504. The smallest absolute Gasteiger partial charge is 0.343 e. The summed E-state index contributed by atoms with van der Waals surface area (Å²) < 4.78 is 11.5. The number of rotatable bonds is 7. The SMILES string of the molecule is COc1cc(C=NNc2ccc([N+](=O)[O-])cc2)ccc1OC(=O)c1cccc(Br)c1. The molecular weight excluding hydrogens is 454 g/mol. The normalized spacial score (nSPS) is 10.6. The van der Waals surface area contributed by atoms with Crippen molar-refractivity contribution in [3.63, 3.8) is 0 Å². The van der Waals surface area contributed by atoms with Crippen molar-refractivity contribution in [3.05, 3.63) is 92.4 Å². The number of nitro benzene ring substituents is 1. The average molecular weight is 470 g/mol. The Morgan fingerprint density at radius 3 is 2.53 bits per heavy atom. The molecule has 0 radical (unpaired) electrons. The number of hydrogen-bond donors (Lipinski definition) is 1. The fraction of sp³-hybridized carbons (Fsp3) is 0.0476. The minimum Gasteiger partial charge on any atom is -0.493 e. The molecule has 0 aromatic heterocycles. The van der Waals surface area contributed by atoms with Crippen LogP contribution in [0.5, 0.6) is 11.5 Å². The van der Waals surface area contributed by atoms with Crippen LogP contribution < -0.4 is 14.9 Å². The lowest BCUT2D eigenvalue weighted by Crippen LogP contribution is -2.09. The van der Waals surface area contributed by atoms with Crippen molar-refractivity contribution in [2.24, 2.45) is 5.10 Å². The number of carbonyl (C=O) groups is 1. The summed E-state index contributed by atoms with van der Waals surface area (Å²) in [7, 11) is 1.47. The van der Waals surface area contributed by atoms with E-state index >= 15 is 0 Å². The number of ether oxygens (including phenoxy) is 2. The number of non-ortho nitro benzene ring substituents is 1. The first-order valence-corrected chi connectivity index (χ1v) is 9.45. The number of carbonyl (C=O) groups excluding carboxylic acids is 1. The predicted octanol–water partition coefficient (Wildman–Crippen LogP) is 5.03. The van der Waals surface area contributed by atoms with Crippen molar-refractivity contribution < 1.29 is 19.2 Å². The molecule has 0 heterocycles. The van der Waals surface area contributed by atoms with E-state index < -0.39 is 10.9 Å². The van der Waals surface area contributed by atoms with Crippen LogP contribution in [-0.4, -0.2) is 24.2 Å². The number of methoxy groups -OCH3 is 1. The third-order valence-corrected chi connectivity index (χ3v) is 4.43. The number of anilines is 1. The Labute approximate surface area is 180 Å². The summed E-state index contributed by atoms with van der Waals surface area (Å²) in [6, 6.07) is 17.8. The van der Waals surface area contributed by atoms with Gasteiger partial charge in [-0.05, 0) is 54.1 Å². The molecule has 0 amide bonds. The lowest BCUT2D eigenvalue weighted by atomic mass is 10.2. The number of esters is 1. The maximum Gasteiger partial charge on any atom is 0.343 e. The Balaban J connectivity index is 1.68. The molecule has 3 aromatic carbocycles. The maximum atomic E-state index is 12.3. The van der Waals surface area contributed by atoms with Crippen LogP contribution in [0.1, 0.15) is 15.9 Å². The predicted molar refractivity (Wildman–Crippen MR) is 116 cm³/mol. The summed E-state index contributed by atoms with van der Waals surface area (Å²) in [5.41, 5.74) is 4.49. The Hall–Kier alpha value is -3.72. The summed E-state index contributed by atoms with van der Waals surface area (Å²) >= 11 is 3.32. The molecule has 0 spiro atoms. The quantitative estimate of drug-likeness (QED) is 0.171. The van der Waals surface area contributed by atoms with Crippen molar-refractivity contribution in [2.75, 3.05) is 12.5 Å². The molecule has 3 rings (SSSR count). The highest BCUT2D eigenvalue weighted by molar-refractivity contribution is 9.10. The zero-order valence-electron chi connectivity index (χ0n) is 15.7. The second-order valence-electron chi connectivity index (χ2n) is 5.98. The fourth-order valence-electron chi connectivity index (χ4n) is 2.46. The zero-order valence-corrected chi connectivity index (χ0v) is 17.3. The van der Waals surface area contributed by atoms with E-state index in [1.54, 1.807) is 54.7 Å². The van der Waals surface area contributed by atoms with Crippen molar-refractivity contribution in [1.82, 2.24) is 0 Å². The topological polar surface area (TPSA) is 103 Å². The Morgan fingerprint density at radius 1 is 1.10 bits per heavy atom. The Bertz CT molecular complexity index is 1100. The highest BCUT2D eigenvalue weighted by atomic mass is 79.9. The average Bonchev–Trinajstić information content (AvgIpc) is 2.75. The molecule has 152 valence electrons. The number of hydrazone groups is 1. The van der Waals surface area contributed by atoms with Gasteiger partial charge in [0, 0.05) is 16.6 Å². The van der Waals surface area contributed by atoms with Gasteiger partial charge in [-0.15, -0.1) is 0 Å². The van der Waals surface area contributed by atoms with E-state index in [4.69, 9.17) is 9.47 Å². The molecule has 0 saturated heterocycles. The van der Waals surface area contributed by atoms with Crippen molar-refractivity contribution in [1.29, 1.82) is 0 Å². The maximum absolute atomic E-state index is 12.3. The number of halogens is 1. The molecule has 0 aliphatic carbocycles. The molecule has 0 fully saturated rings. The second kappa shape index (κ2) is 9.66. The van der Waals surface area contributed by atoms with E-state index in [-0.39, 0.29) is 11.4 Å². The van der Waals surface area contributed by atoms with Crippen LogP contribution in [0.25, 0.3) is 0 Å². The van der Waals surface area contributed by atoms with Crippen LogP contribution in [0, 0.1) is 10.1 Å². The van der Waals surface area contributed by atoms with E-state index in [1.807, 2.05) is 6.07 Å². The van der Waals surface area contributed by atoms with Gasteiger partial charge in [-0.25, -0.2) is 4.79 Å². The van der Waals surface area contributed by atoms with E-state index in [0.29, 0.717) is 22.6 Å². The van der Waals surface area contributed by atoms with E-state index in [2.05, 4.69) is 26.5 Å². The van der Waals surface area contributed by atoms with E-state index in [0.717, 1.165) is 4.47 Å². The molecule has 8 nitrogen and oxygen atoms in total. The number of nitrogens with one attached hydrogen (secondary N) is 1. The van der Waals surface area contributed by atoms with E-state index in [9.17, 15) is 14.9 Å². The summed E-state index contributed by atoms with van der Waals surface area (Å²) in [6.45, 7) is 0. The molecule has 0 unspecified atom stereocenters. The van der Waals surface area contributed by atoms with Crippen LogP contribution >= 0.6 is 15.9 Å². The number of nitrogens with zero attached hydrogens (tertiary/aromatic N) is 2. The van der Waals surface area contributed by atoms with Gasteiger partial charge in [0.25, 0.3) is 5.69 Å². The number of hydrogen-bond acceptors (Lipinski definition) is 7. The monoisotopic (exact) mass is 469 g/mol. The second-order valence-corrected chi connectivity index (χ2v) is 6.90. The Morgan fingerprint density at radius 2 is 1.87 bits per heavy atom. The largest absolute Gasteiger partial charge is 0.493 e. The highest BCUT2D eigenvalue weighted by Gasteiger charge is 2.13. The molecule has 0 aliphatic rings. The number of benzene rings is 3. The molecule has 0 saturated carbocycles. The van der Waals surface area contributed by atoms with Crippen molar-refractivity contribution in [3.8, 4) is 11.5 Å². The fourth-order valence-corrected chi connectivity index (χ4v) is 2.86. The third-order valence-electron chi connectivity index (χ3n) is 3.94. The molecule has 9 heteroatoms. The van der Waals surface area contributed by atoms with Crippen LogP contribution in [0.3, 0.4) is 0 Å². The molecule has 3 aromatic rings. The van der Waals surface area contributed by atoms with Gasteiger partial charge in [0.15, 0.2) is 11.5 Å². The molecule has 1 N–H and O–H groups in total. The van der Waals surface area contributed by atoms with Crippen LogP contribution in [-0.2, 0) is 0 Å². The van der Waals surface area contributed by atoms with Crippen molar-refractivity contribution >= 4 is 39.5 Å². The molecule has 0 bridgehead atoms. The first kappa shape index (κ1) is 21.0. The van der Waals surface area contributed by atoms with Gasteiger partial charge in [0.2, 0.25) is 0 Å². The summed E-state index contributed by atoms with van der Waals surface area (Å²) in [5, 5.41) is 14.8. The standard InChI is InChI=1S/C21H16BrN3O5/c1-29-20-11-14(13-23-24-17-6-8-18(9-7-17)25(27)28)5-10-19(20)30-21(26)15-3-2-4-16(22)12-15/h2-13,24H,1H3. The molecule has 0 aliphatic heterocycles.